The molecule has 0 amide bonds. The van der Waals surface area contributed by atoms with Crippen molar-refractivity contribution in [3.8, 4) is 0 Å². The number of nitrogens with two attached hydrogens (primary N) is 1. The van der Waals surface area contributed by atoms with E-state index in [4.69, 9.17) is 5.73 Å². The van der Waals surface area contributed by atoms with Gasteiger partial charge in [0.15, 0.2) is 0 Å². The maximum Gasteiger partial charge on any atom is 0.128 e. The fraction of sp³-hybridized carbons (Fsp3) is 0.143. The molecule has 0 spiro atoms. The SMILES string of the molecule is Cc1cc(N)ccc1NCc1cc(F)ccc1F. The van der Waals surface area contributed by atoms with Crippen LogP contribution in [0.1, 0.15) is 11.1 Å². The van der Waals surface area contributed by atoms with Gasteiger partial charge in [-0.05, 0) is 48.9 Å². The molecule has 0 aliphatic carbocycles. The molecule has 0 radical (unpaired) electrons. The number of benzene rings is 2. The number of hydrogen-bond donors (Lipinski definition) is 2. The van der Waals surface area contributed by atoms with Crippen molar-refractivity contribution >= 4 is 11.4 Å². The molecule has 94 valence electrons. The maximum atomic E-state index is 13.4. The van der Waals surface area contributed by atoms with E-state index >= 15 is 0 Å². The van der Waals surface area contributed by atoms with Gasteiger partial charge in [-0.15, -0.1) is 0 Å². The van der Waals surface area contributed by atoms with E-state index in [0.29, 0.717) is 11.3 Å². The summed E-state index contributed by atoms with van der Waals surface area (Å²) in [4.78, 5) is 0. The van der Waals surface area contributed by atoms with Crippen LogP contribution in [0.2, 0.25) is 0 Å². The Kier molecular flexibility index (Phi) is 3.46. The summed E-state index contributed by atoms with van der Waals surface area (Å²) in [6.07, 6.45) is 0. The third kappa shape index (κ3) is 2.77. The van der Waals surface area contributed by atoms with E-state index in [0.717, 1.165) is 23.4 Å². The second kappa shape index (κ2) is 5.04. The molecule has 0 aromatic heterocycles. The highest BCUT2D eigenvalue weighted by Gasteiger charge is 2.04. The van der Waals surface area contributed by atoms with E-state index < -0.39 is 11.6 Å². The first-order valence-electron chi connectivity index (χ1n) is 5.60. The maximum absolute atomic E-state index is 13.4. The van der Waals surface area contributed by atoms with Gasteiger partial charge in [0, 0.05) is 23.5 Å². The fourth-order valence-corrected chi connectivity index (χ4v) is 1.75. The van der Waals surface area contributed by atoms with Crippen molar-refractivity contribution in [1.82, 2.24) is 0 Å². The summed E-state index contributed by atoms with van der Waals surface area (Å²) < 4.78 is 26.4. The van der Waals surface area contributed by atoms with E-state index in [1.54, 1.807) is 6.07 Å². The van der Waals surface area contributed by atoms with Crippen LogP contribution in [-0.4, -0.2) is 0 Å². The van der Waals surface area contributed by atoms with Crippen molar-refractivity contribution in [1.29, 1.82) is 0 Å². The Labute approximate surface area is 104 Å². The van der Waals surface area contributed by atoms with Crippen molar-refractivity contribution < 1.29 is 8.78 Å². The smallest absolute Gasteiger partial charge is 0.128 e. The molecule has 2 aromatic carbocycles. The first-order valence-corrected chi connectivity index (χ1v) is 5.60. The molecule has 0 bridgehead atoms. The van der Waals surface area contributed by atoms with Gasteiger partial charge >= 0.3 is 0 Å². The van der Waals surface area contributed by atoms with Crippen LogP contribution in [-0.2, 0) is 6.54 Å². The monoisotopic (exact) mass is 248 g/mol. The van der Waals surface area contributed by atoms with Gasteiger partial charge in [0.05, 0.1) is 0 Å². The Bertz CT molecular complexity index is 568. The van der Waals surface area contributed by atoms with Gasteiger partial charge in [-0.3, -0.25) is 0 Å². The minimum absolute atomic E-state index is 0.231. The Balaban J connectivity index is 2.13. The Hall–Kier alpha value is -2.10. The average molecular weight is 248 g/mol. The van der Waals surface area contributed by atoms with Crippen LogP contribution in [0.25, 0.3) is 0 Å². The number of rotatable bonds is 3. The predicted molar refractivity (Wildman–Crippen MR) is 69.3 cm³/mol. The lowest BCUT2D eigenvalue weighted by Gasteiger charge is -2.10. The summed E-state index contributed by atoms with van der Waals surface area (Å²) in [5.41, 5.74) is 8.43. The summed E-state index contributed by atoms with van der Waals surface area (Å²) in [5.74, 6) is -0.862. The molecule has 0 aliphatic rings. The number of anilines is 2. The largest absolute Gasteiger partial charge is 0.399 e. The van der Waals surface area contributed by atoms with E-state index in [2.05, 4.69) is 5.32 Å². The van der Waals surface area contributed by atoms with Crippen LogP contribution < -0.4 is 11.1 Å². The molecule has 4 heteroatoms. The standard InChI is InChI=1S/C14H14F2N2/c1-9-6-12(17)3-5-14(9)18-8-10-7-11(15)2-4-13(10)16/h2-7,18H,8,17H2,1H3. The summed E-state index contributed by atoms with van der Waals surface area (Å²) in [6, 6.07) is 8.83. The van der Waals surface area contributed by atoms with Crippen LogP contribution in [0.15, 0.2) is 36.4 Å². The fourth-order valence-electron chi connectivity index (χ4n) is 1.75. The molecular formula is C14H14F2N2. The van der Waals surface area contributed by atoms with Crippen LogP contribution >= 0.6 is 0 Å². The topological polar surface area (TPSA) is 38.0 Å². The number of nitrogens with one attached hydrogen (secondary N) is 1. The summed E-state index contributed by atoms with van der Waals surface area (Å²) in [7, 11) is 0. The third-order valence-corrected chi connectivity index (χ3v) is 2.73. The van der Waals surface area contributed by atoms with E-state index in [1.165, 1.54) is 6.07 Å². The molecule has 0 heterocycles. The van der Waals surface area contributed by atoms with Crippen molar-refractivity contribution in [3.63, 3.8) is 0 Å². The zero-order chi connectivity index (χ0) is 13.1. The normalized spacial score (nSPS) is 10.4. The van der Waals surface area contributed by atoms with Gasteiger partial charge in [-0.2, -0.15) is 0 Å². The van der Waals surface area contributed by atoms with Gasteiger partial charge in [0.1, 0.15) is 11.6 Å². The van der Waals surface area contributed by atoms with E-state index in [1.807, 2.05) is 19.1 Å². The Morgan fingerprint density at radius 3 is 2.61 bits per heavy atom. The molecule has 18 heavy (non-hydrogen) atoms. The van der Waals surface area contributed by atoms with Gasteiger partial charge in [0.25, 0.3) is 0 Å². The quantitative estimate of drug-likeness (QED) is 0.816. The summed E-state index contributed by atoms with van der Waals surface area (Å²) in [6.45, 7) is 2.13. The average Bonchev–Trinajstić information content (AvgIpc) is 2.32. The van der Waals surface area contributed by atoms with Crippen molar-refractivity contribution in [2.24, 2.45) is 0 Å². The molecule has 0 saturated heterocycles. The van der Waals surface area contributed by atoms with Crippen LogP contribution in [0, 0.1) is 18.6 Å². The first kappa shape index (κ1) is 12.4. The molecule has 0 saturated carbocycles. The molecule has 0 fully saturated rings. The minimum Gasteiger partial charge on any atom is -0.399 e. The van der Waals surface area contributed by atoms with Crippen LogP contribution in [0.3, 0.4) is 0 Å². The minimum atomic E-state index is -0.442. The molecule has 2 rings (SSSR count). The van der Waals surface area contributed by atoms with Crippen molar-refractivity contribution in [2.45, 2.75) is 13.5 Å². The number of nitrogen functional groups attached to an aromatic ring is 1. The zero-order valence-corrected chi connectivity index (χ0v) is 10.0. The highest BCUT2D eigenvalue weighted by molar-refractivity contribution is 5.57. The molecule has 2 nitrogen and oxygen atoms in total. The lowest BCUT2D eigenvalue weighted by molar-refractivity contribution is 0.587. The van der Waals surface area contributed by atoms with Crippen LogP contribution in [0.5, 0.6) is 0 Å². The molecule has 3 N–H and O–H groups in total. The zero-order valence-electron chi connectivity index (χ0n) is 10.0. The van der Waals surface area contributed by atoms with E-state index in [-0.39, 0.29) is 6.54 Å². The lowest BCUT2D eigenvalue weighted by Crippen LogP contribution is -2.04. The first-order chi connectivity index (χ1) is 8.56. The Morgan fingerprint density at radius 1 is 1.11 bits per heavy atom. The highest BCUT2D eigenvalue weighted by Crippen LogP contribution is 2.19. The third-order valence-electron chi connectivity index (χ3n) is 2.73. The lowest BCUT2D eigenvalue weighted by atomic mass is 10.1. The molecule has 0 unspecified atom stereocenters. The van der Waals surface area contributed by atoms with Crippen molar-refractivity contribution in [2.75, 3.05) is 11.1 Å². The second-order valence-corrected chi connectivity index (χ2v) is 4.16. The second-order valence-electron chi connectivity index (χ2n) is 4.16. The predicted octanol–water partition coefficient (Wildman–Crippen LogP) is 3.47. The molecule has 0 atom stereocenters. The molecule has 2 aromatic rings. The summed E-state index contributed by atoms with van der Waals surface area (Å²) in [5, 5.41) is 3.06. The number of hydrogen-bond acceptors (Lipinski definition) is 2. The Morgan fingerprint density at radius 2 is 1.89 bits per heavy atom. The van der Waals surface area contributed by atoms with Crippen LogP contribution in [0.4, 0.5) is 20.2 Å². The van der Waals surface area contributed by atoms with Gasteiger partial charge in [0.2, 0.25) is 0 Å². The van der Waals surface area contributed by atoms with Gasteiger partial charge < -0.3 is 11.1 Å². The summed E-state index contributed by atoms with van der Waals surface area (Å²) >= 11 is 0. The molecule has 0 aliphatic heterocycles. The highest BCUT2D eigenvalue weighted by atomic mass is 19.1. The number of halogens is 2. The number of aryl methyl sites for hydroxylation is 1. The van der Waals surface area contributed by atoms with Gasteiger partial charge in [-0.25, -0.2) is 8.78 Å². The molecular weight excluding hydrogens is 234 g/mol. The van der Waals surface area contributed by atoms with Crippen molar-refractivity contribution in [3.05, 3.63) is 59.2 Å². The van der Waals surface area contributed by atoms with E-state index in [9.17, 15) is 8.78 Å². The van der Waals surface area contributed by atoms with Gasteiger partial charge in [-0.1, -0.05) is 0 Å².